The van der Waals surface area contributed by atoms with Crippen molar-refractivity contribution in [3.05, 3.63) is 71.9 Å². The largest absolute Gasteiger partial charge is 0.465 e. The monoisotopic (exact) mass is 409 g/mol. The minimum atomic E-state index is -1.09. The Morgan fingerprint density at radius 2 is 1.83 bits per heavy atom. The fourth-order valence-corrected chi connectivity index (χ4v) is 3.39. The first kappa shape index (κ1) is 19.6. The van der Waals surface area contributed by atoms with Crippen molar-refractivity contribution in [1.29, 1.82) is 0 Å². The lowest BCUT2D eigenvalue weighted by atomic mass is 10.1. The van der Waals surface area contributed by atoms with Crippen LogP contribution >= 0.6 is 0 Å². The molecule has 0 aliphatic carbocycles. The lowest BCUT2D eigenvalue weighted by molar-refractivity contribution is -0.136. The number of carboxylic acid groups (broad SMARTS) is 1. The third-order valence-corrected chi connectivity index (χ3v) is 4.98. The number of benzene rings is 1. The molecule has 9 heteroatoms. The van der Waals surface area contributed by atoms with Gasteiger partial charge in [-0.2, -0.15) is 5.10 Å². The van der Waals surface area contributed by atoms with E-state index >= 15 is 0 Å². The molecular formula is C21H20FN5O3. The van der Waals surface area contributed by atoms with Gasteiger partial charge in [0.25, 0.3) is 0 Å². The van der Waals surface area contributed by atoms with Gasteiger partial charge in [0.15, 0.2) is 0 Å². The van der Waals surface area contributed by atoms with Crippen molar-refractivity contribution in [3.63, 3.8) is 0 Å². The highest BCUT2D eigenvalue weighted by atomic mass is 19.1. The minimum Gasteiger partial charge on any atom is -0.465 e. The number of pyridine rings is 1. The second kappa shape index (κ2) is 8.32. The first-order chi connectivity index (χ1) is 14.5. The number of amides is 2. The van der Waals surface area contributed by atoms with Crippen molar-refractivity contribution < 1.29 is 19.1 Å². The number of rotatable bonds is 6. The maximum Gasteiger partial charge on any atom is 0.405 e. The molecule has 0 saturated carbocycles. The van der Waals surface area contributed by atoms with Crippen LogP contribution in [0.5, 0.6) is 0 Å². The van der Waals surface area contributed by atoms with Crippen molar-refractivity contribution in [2.45, 2.75) is 19.0 Å². The molecule has 3 heterocycles. The van der Waals surface area contributed by atoms with Crippen molar-refractivity contribution in [2.24, 2.45) is 0 Å². The van der Waals surface area contributed by atoms with Gasteiger partial charge in [0.2, 0.25) is 5.91 Å². The molecule has 1 fully saturated rings. The number of carbonyl (C=O) groups excluding carboxylic acids is 1. The molecule has 30 heavy (non-hydrogen) atoms. The predicted octanol–water partition coefficient (Wildman–Crippen LogP) is 2.15. The van der Waals surface area contributed by atoms with Gasteiger partial charge >= 0.3 is 6.09 Å². The van der Waals surface area contributed by atoms with E-state index in [1.807, 2.05) is 18.2 Å². The van der Waals surface area contributed by atoms with Gasteiger partial charge in [0, 0.05) is 43.2 Å². The van der Waals surface area contributed by atoms with Crippen LogP contribution < -0.4 is 5.32 Å². The molecule has 3 aromatic rings. The van der Waals surface area contributed by atoms with Gasteiger partial charge < -0.3 is 15.3 Å². The first-order valence-electron chi connectivity index (χ1n) is 9.47. The molecule has 2 N–H and O–H groups in total. The van der Waals surface area contributed by atoms with E-state index in [0.29, 0.717) is 19.5 Å². The SMILES string of the molecule is O=C(O)NC1CN(C(=O)Cn2nc(-c3ccncc3)cc2Cc2ccc(F)cc2)C1. The molecule has 1 aliphatic heterocycles. The van der Waals surface area contributed by atoms with E-state index in [9.17, 15) is 14.0 Å². The summed E-state index contributed by atoms with van der Waals surface area (Å²) >= 11 is 0. The van der Waals surface area contributed by atoms with Gasteiger partial charge in [-0.15, -0.1) is 0 Å². The normalized spacial score (nSPS) is 13.7. The summed E-state index contributed by atoms with van der Waals surface area (Å²) in [5.74, 6) is -0.439. The Labute approximate surface area is 172 Å². The van der Waals surface area contributed by atoms with E-state index in [-0.39, 0.29) is 24.3 Å². The molecule has 0 unspecified atom stereocenters. The molecule has 0 spiro atoms. The highest BCUT2D eigenvalue weighted by Gasteiger charge is 2.32. The van der Waals surface area contributed by atoms with E-state index in [4.69, 9.17) is 5.11 Å². The Hall–Kier alpha value is -3.75. The summed E-state index contributed by atoms with van der Waals surface area (Å²) in [6.45, 7) is 0.731. The lowest BCUT2D eigenvalue weighted by Gasteiger charge is -2.38. The van der Waals surface area contributed by atoms with Crippen LogP contribution in [-0.4, -0.2) is 55.9 Å². The zero-order valence-electron chi connectivity index (χ0n) is 16.0. The maximum absolute atomic E-state index is 13.2. The summed E-state index contributed by atoms with van der Waals surface area (Å²) in [7, 11) is 0. The van der Waals surface area contributed by atoms with Crippen LogP contribution in [0.15, 0.2) is 54.9 Å². The number of hydrogen-bond acceptors (Lipinski definition) is 4. The van der Waals surface area contributed by atoms with Crippen molar-refractivity contribution in [1.82, 2.24) is 25.0 Å². The number of nitrogens with one attached hydrogen (secondary N) is 1. The molecule has 2 amide bonds. The summed E-state index contributed by atoms with van der Waals surface area (Å²) < 4.78 is 14.9. The number of aromatic nitrogens is 3. The molecule has 154 valence electrons. The fourth-order valence-electron chi connectivity index (χ4n) is 3.39. The Kier molecular flexibility index (Phi) is 5.42. The van der Waals surface area contributed by atoms with Crippen LogP contribution in [-0.2, 0) is 17.8 Å². The second-order valence-electron chi connectivity index (χ2n) is 7.16. The van der Waals surface area contributed by atoms with Crippen LogP contribution in [0.4, 0.5) is 9.18 Å². The van der Waals surface area contributed by atoms with E-state index in [2.05, 4.69) is 15.4 Å². The zero-order valence-corrected chi connectivity index (χ0v) is 16.0. The Morgan fingerprint density at radius 3 is 2.50 bits per heavy atom. The number of carbonyl (C=O) groups is 2. The number of hydrogen-bond donors (Lipinski definition) is 2. The van der Waals surface area contributed by atoms with Crippen LogP contribution in [0.1, 0.15) is 11.3 Å². The maximum atomic E-state index is 13.2. The third-order valence-electron chi connectivity index (χ3n) is 4.98. The molecule has 8 nitrogen and oxygen atoms in total. The second-order valence-corrected chi connectivity index (χ2v) is 7.16. The summed E-state index contributed by atoms with van der Waals surface area (Å²) in [5, 5.41) is 15.7. The highest BCUT2D eigenvalue weighted by Crippen LogP contribution is 2.21. The molecule has 0 bridgehead atoms. The molecule has 1 saturated heterocycles. The van der Waals surface area contributed by atoms with E-state index < -0.39 is 6.09 Å². The van der Waals surface area contributed by atoms with Gasteiger partial charge in [-0.3, -0.25) is 14.5 Å². The number of nitrogens with zero attached hydrogens (tertiary/aromatic N) is 4. The lowest BCUT2D eigenvalue weighted by Crippen LogP contribution is -2.61. The predicted molar refractivity (Wildman–Crippen MR) is 106 cm³/mol. The van der Waals surface area contributed by atoms with Crippen molar-refractivity contribution in [2.75, 3.05) is 13.1 Å². The molecule has 0 atom stereocenters. The van der Waals surface area contributed by atoms with Crippen LogP contribution in [0.2, 0.25) is 0 Å². The Balaban J connectivity index is 1.53. The molecule has 4 rings (SSSR count). The molecule has 1 aromatic carbocycles. The molecule has 0 radical (unpaired) electrons. The molecule has 1 aliphatic rings. The van der Waals surface area contributed by atoms with Gasteiger partial charge in [-0.05, 0) is 35.9 Å². The highest BCUT2D eigenvalue weighted by molar-refractivity contribution is 5.77. The van der Waals surface area contributed by atoms with E-state index in [1.54, 1.807) is 34.1 Å². The average Bonchev–Trinajstić information content (AvgIpc) is 3.09. The third kappa shape index (κ3) is 4.45. The topological polar surface area (TPSA) is 100 Å². The standard InChI is InChI=1S/C21H20FN5O3/c22-16-3-1-14(2-4-16)9-18-10-19(15-5-7-23-8-6-15)25-27(18)13-20(28)26-11-17(12-26)24-21(29)30/h1-8,10,17,24H,9,11-13H2,(H,29,30). The molecule has 2 aromatic heterocycles. The van der Waals surface area contributed by atoms with Gasteiger partial charge in [-0.1, -0.05) is 12.1 Å². The zero-order chi connectivity index (χ0) is 21.1. The Morgan fingerprint density at radius 1 is 1.13 bits per heavy atom. The fraction of sp³-hybridized carbons (Fsp3) is 0.238. The van der Waals surface area contributed by atoms with Crippen LogP contribution in [0.25, 0.3) is 11.3 Å². The smallest absolute Gasteiger partial charge is 0.405 e. The quantitative estimate of drug-likeness (QED) is 0.650. The van der Waals surface area contributed by atoms with Gasteiger partial charge in [-0.25, -0.2) is 9.18 Å². The van der Waals surface area contributed by atoms with Gasteiger partial charge in [0.05, 0.1) is 11.7 Å². The summed E-state index contributed by atoms with van der Waals surface area (Å²) in [5.41, 5.74) is 3.33. The summed E-state index contributed by atoms with van der Waals surface area (Å²) in [6, 6.07) is 11.6. The average molecular weight is 409 g/mol. The first-order valence-corrected chi connectivity index (χ1v) is 9.47. The van der Waals surface area contributed by atoms with Gasteiger partial charge in [0.1, 0.15) is 12.4 Å². The van der Waals surface area contributed by atoms with Crippen LogP contribution in [0.3, 0.4) is 0 Å². The van der Waals surface area contributed by atoms with Crippen molar-refractivity contribution >= 4 is 12.0 Å². The minimum absolute atomic E-state index is 0.0431. The number of likely N-dealkylation sites (tertiary alicyclic amines) is 1. The van der Waals surface area contributed by atoms with E-state index in [1.165, 1.54) is 12.1 Å². The summed E-state index contributed by atoms with van der Waals surface area (Å²) in [6.07, 6.45) is 2.75. The molecular weight excluding hydrogens is 389 g/mol. The van der Waals surface area contributed by atoms with Crippen molar-refractivity contribution in [3.8, 4) is 11.3 Å². The van der Waals surface area contributed by atoms with Crippen LogP contribution in [0, 0.1) is 5.82 Å². The van der Waals surface area contributed by atoms with E-state index in [0.717, 1.165) is 22.5 Å². The summed E-state index contributed by atoms with van der Waals surface area (Å²) in [4.78, 5) is 29.0. The Bertz CT molecular complexity index is 1050. The number of halogens is 1.